The maximum atomic E-state index is 13.0. The molecule has 2 atom stereocenters. The molecule has 0 bridgehead atoms. The van der Waals surface area contributed by atoms with Gasteiger partial charge < -0.3 is 10.1 Å². The molecule has 0 radical (unpaired) electrons. The number of alkyl halides is 2. The number of nitrogens with one attached hydrogen (secondary N) is 1. The molecule has 3 nitrogen and oxygen atoms in total. The molecule has 0 aliphatic carbocycles. The molecule has 1 fully saturated rings. The van der Waals surface area contributed by atoms with E-state index < -0.39 is 6.43 Å². The van der Waals surface area contributed by atoms with E-state index in [0.29, 0.717) is 12.6 Å². The summed E-state index contributed by atoms with van der Waals surface area (Å²) in [5.74, 6) is 0. The van der Waals surface area contributed by atoms with Crippen LogP contribution in [0.2, 0.25) is 0 Å². The fraction of sp³-hybridized carbons (Fsp3) is 0.409. The number of benzene rings is 2. The summed E-state index contributed by atoms with van der Waals surface area (Å²) in [4.78, 5) is 13.3. The van der Waals surface area contributed by atoms with Crippen molar-refractivity contribution in [1.82, 2.24) is 10.2 Å². The van der Waals surface area contributed by atoms with Gasteiger partial charge in [-0.2, -0.15) is 0 Å². The maximum absolute atomic E-state index is 13.0. The number of carbonyl (C=O) groups excluding carboxylic acids is 1. The number of likely N-dealkylation sites (N-methyl/N-ethyl adjacent to an activating group) is 1. The normalized spacial score (nSPS) is 20.7. The first-order valence-corrected chi connectivity index (χ1v) is 9.44. The Hall–Kier alpha value is -2.11. The van der Waals surface area contributed by atoms with Crippen molar-refractivity contribution in [2.45, 2.75) is 37.8 Å². The van der Waals surface area contributed by atoms with Gasteiger partial charge in [0.25, 0.3) is 6.43 Å². The van der Waals surface area contributed by atoms with E-state index >= 15 is 0 Å². The molecule has 1 aliphatic rings. The van der Waals surface area contributed by atoms with Crippen LogP contribution in [-0.4, -0.2) is 43.4 Å². The Labute approximate surface area is 159 Å². The first kappa shape index (κ1) is 19.6. The van der Waals surface area contributed by atoms with E-state index in [9.17, 15) is 13.6 Å². The average molecular weight is 372 g/mol. The number of rotatable bonds is 7. The summed E-state index contributed by atoms with van der Waals surface area (Å²) in [5, 5.41) is 3.39. The second-order valence-corrected chi connectivity index (χ2v) is 7.10. The lowest BCUT2D eigenvalue weighted by Crippen LogP contribution is -2.54. The quantitative estimate of drug-likeness (QED) is 0.743. The van der Waals surface area contributed by atoms with Gasteiger partial charge in [0.2, 0.25) is 0 Å². The fourth-order valence-electron chi connectivity index (χ4n) is 4.03. The minimum atomic E-state index is -2.47. The molecule has 1 aliphatic heterocycles. The highest BCUT2D eigenvalue weighted by Crippen LogP contribution is 2.27. The van der Waals surface area contributed by atoms with Crippen LogP contribution in [0.25, 0.3) is 11.1 Å². The molecule has 2 aromatic rings. The molecule has 0 amide bonds. The van der Waals surface area contributed by atoms with E-state index in [2.05, 4.69) is 22.3 Å². The van der Waals surface area contributed by atoms with Crippen molar-refractivity contribution in [3.05, 3.63) is 59.7 Å². The van der Waals surface area contributed by atoms with Gasteiger partial charge in [-0.3, -0.25) is 4.90 Å². The predicted molar refractivity (Wildman–Crippen MR) is 104 cm³/mol. The fourth-order valence-corrected chi connectivity index (χ4v) is 4.03. The molecule has 144 valence electrons. The van der Waals surface area contributed by atoms with Crippen LogP contribution in [0.3, 0.4) is 0 Å². The topological polar surface area (TPSA) is 32.3 Å². The first-order valence-electron chi connectivity index (χ1n) is 9.44. The first-order chi connectivity index (χ1) is 13.1. The Morgan fingerprint density at radius 1 is 1.19 bits per heavy atom. The number of likely N-dealkylation sites (tertiary alicyclic amines) is 1. The number of aldehydes is 1. The Morgan fingerprint density at radius 3 is 2.63 bits per heavy atom. The highest BCUT2D eigenvalue weighted by Gasteiger charge is 2.30. The molecule has 0 aromatic heterocycles. The Bertz CT molecular complexity index is 765. The maximum Gasteiger partial charge on any atom is 0.263 e. The second kappa shape index (κ2) is 9.20. The van der Waals surface area contributed by atoms with Gasteiger partial charge in [0, 0.05) is 17.6 Å². The lowest BCUT2D eigenvalue weighted by atomic mass is 9.90. The van der Waals surface area contributed by atoms with Crippen LogP contribution in [-0.2, 0) is 11.2 Å². The van der Waals surface area contributed by atoms with Gasteiger partial charge in [-0.25, -0.2) is 8.78 Å². The zero-order chi connectivity index (χ0) is 19.2. The summed E-state index contributed by atoms with van der Waals surface area (Å²) in [6.07, 6.45) is 1.49. The van der Waals surface area contributed by atoms with Gasteiger partial charge in [-0.1, -0.05) is 42.5 Å². The minimum absolute atomic E-state index is 0.0394. The number of halogens is 2. The molecular formula is C22H26F2N2O. The summed E-state index contributed by atoms with van der Waals surface area (Å²) < 4.78 is 26.0. The van der Waals surface area contributed by atoms with Crippen LogP contribution in [0.15, 0.2) is 48.5 Å². The van der Waals surface area contributed by atoms with Crippen LogP contribution in [0.1, 0.15) is 30.4 Å². The highest BCUT2D eigenvalue weighted by atomic mass is 19.3. The Balaban J connectivity index is 1.84. The van der Waals surface area contributed by atoms with Crippen molar-refractivity contribution in [3.63, 3.8) is 0 Å². The van der Waals surface area contributed by atoms with Crippen LogP contribution in [0, 0.1) is 0 Å². The summed E-state index contributed by atoms with van der Waals surface area (Å²) in [6, 6.07) is 15.2. The van der Waals surface area contributed by atoms with Gasteiger partial charge in [-0.15, -0.1) is 0 Å². The number of carbonyl (C=O) groups is 1. The van der Waals surface area contributed by atoms with Gasteiger partial charge in [0.15, 0.2) is 0 Å². The third-order valence-corrected chi connectivity index (χ3v) is 5.42. The van der Waals surface area contributed by atoms with Gasteiger partial charge in [0.1, 0.15) is 6.29 Å². The molecule has 0 spiro atoms. The molecule has 3 rings (SSSR count). The molecule has 0 saturated carbocycles. The van der Waals surface area contributed by atoms with E-state index in [0.717, 1.165) is 48.8 Å². The summed E-state index contributed by atoms with van der Waals surface area (Å²) >= 11 is 0. The van der Waals surface area contributed by atoms with Gasteiger partial charge >= 0.3 is 0 Å². The number of piperidine rings is 1. The zero-order valence-electron chi connectivity index (χ0n) is 15.6. The van der Waals surface area contributed by atoms with Crippen LogP contribution in [0.4, 0.5) is 8.78 Å². The number of hydrogen-bond donors (Lipinski definition) is 1. The van der Waals surface area contributed by atoms with E-state index in [1.165, 1.54) is 6.07 Å². The van der Waals surface area contributed by atoms with E-state index in [4.69, 9.17) is 0 Å². The molecule has 5 heteroatoms. The molecular weight excluding hydrogens is 346 g/mol. The van der Waals surface area contributed by atoms with E-state index in [1.54, 1.807) is 12.1 Å². The standard InChI is InChI=1S/C22H26F2N2O/c1-25-20-9-4-10-26(11-12-27)21(20)14-16-5-2-6-17(13-16)18-7-3-8-19(15-18)22(23)24/h2-3,5-8,12-13,15,20-22,25H,4,9-11,14H2,1H3. The molecule has 1 heterocycles. The zero-order valence-corrected chi connectivity index (χ0v) is 15.6. The molecule has 1 N–H and O–H groups in total. The van der Waals surface area contributed by atoms with Crippen molar-refractivity contribution in [3.8, 4) is 11.1 Å². The van der Waals surface area contributed by atoms with Gasteiger partial charge in [0.05, 0.1) is 6.54 Å². The van der Waals surface area contributed by atoms with Crippen molar-refractivity contribution in [1.29, 1.82) is 0 Å². The molecule has 27 heavy (non-hydrogen) atoms. The summed E-state index contributed by atoms with van der Waals surface area (Å²) in [5.41, 5.74) is 2.93. The minimum Gasteiger partial charge on any atom is -0.315 e. The van der Waals surface area contributed by atoms with E-state index in [-0.39, 0.29) is 11.6 Å². The molecule has 1 saturated heterocycles. The van der Waals surface area contributed by atoms with Crippen molar-refractivity contribution in [2.75, 3.05) is 20.1 Å². The second-order valence-electron chi connectivity index (χ2n) is 7.10. The predicted octanol–water partition coefficient (Wildman–Crippen LogP) is 4.09. The van der Waals surface area contributed by atoms with Crippen LogP contribution < -0.4 is 5.32 Å². The molecule has 2 unspecified atom stereocenters. The lowest BCUT2D eigenvalue weighted by molar-refractivity contribution is -0.109. The number of nitrogens with zero attached hydrogens (tertiary/aromatic N) is 1. The Kier molecular flexibility index (Phi) is 6.69. The SMILES string of the molecule is CNC1CCCN(CC=O)C1Cc1cccc(-c2cccc(C(F)F)c2)c1. The van der Waals surface area contributed by atoms with Crippen molar-refractivity contribution >= 4 is 6.29 Å². The number of hydrogen-bond acceptors (Lipinski definition) is 3. The van der Waals surface area contributed by atoms with Crippen LogP contribution in [0.5, 0.6) is 0 Å². The third kappa shape index (κ3) is 4.79. The van der Waals surface area contributed by atoms with E-state index in [1.807, 2.05) is 25.2 Å². The van der Waals surface area contributed by atoms with Crippen molar-refractivity contribution < 1.29 is 13.6 Å². The van der Waals surface area contributed by atoms with Crippen molar-refractivity contribution in [2.24, 2.45) is 0 Å². The largest absolute Gasteiger partial charge is 0.315 e. The van der Waals surface area contributed by atoms with Crippen LogP contribution >= 0.6 is 0 Å². The van der Waals surface area contributed by atoms with Gasteiger partial charge in [-0.05, 0) is 55.6 Å². The smallest absolute Gasteiger partial charge is 0.263 e. The average Bonchev–Trinajstić information content (AvgIpc) is 2.70. The molecule has 2 aromatic carbocycles. The highest BCUT2D eigenvalue weighted by molar-refractivity contribution is 5.65. The summed E-state index contributed by atoms with van der Waals surface area (Å²) in [6.45, 7) is 1.37. The third-order valence-electron chi connectivity index (χ3n) is 5.42. The monoisotopic (exact) mass is 372 g/mol. The lowest BCUT2D eigenvalue weighted by Gasteiger charge is -2.40. The Morgan fingerprint density at radius 2 is 1.93 bits per heavy atom. The summed E-state index contributed by atoms with van der Waals surface area (Å²) in [7, 11) is 1.97.